The Kier molecular flexibility index (Phi) is 4.51. The molecule has 1 aromatic rings. The summed E-state index contributed by atoms with van der Waals surface area (Å²) in [5, 5.41) is 0. The molecule has 1 nitrogen and oxygen atoms in total. The summed E-state index contributed by atoms with van der Waals surface area (Å²) in [5.74, 6) is 2.04. The molecule has 124 valence electrons. The highest BCUT2D eigenvalue weighted by Crippen LogP contribution is 2.60. The Hall–Kier alpha value is -1.19. The number of anilines is 1. The minimum absolute atomic E-state index is 0.315. The SMILES string of the molecule is CC.CC(C)(C)C1C2CN(c3cccc(C(F)(F)F)c3)CC21. The van der Waals surface area contributed by atoms with Crippen LogP contribution in [-0.2, 0) is 6.18 Å². The fraction of sp³-hybridized carbons (Fsp3) is 0.667. The van der Waals surface area contributed by atoms with Gasteiger partial charge in [0.1, 0.15) is 0 Å². The summed E-state index contributed by atoms with van der Waals surface area (Å²) in [7, 11) is 0. The molecule has 2 fully saturated rings. The number of nitrogens with zero attached hydrogens (tertiary/aromatic N) is 1. The van der Waals surface area contributed by atoms with E-state index in [1.54, 1.807) is 6.07 Å². The molecule has 0 aromatic heterocycles. The molecule has 1 saturated heterocycles. The van der Waals surface area contributed by atoms with Crippen molar-refractivity contribution in [2.45, 2.75) is 40.8 Å². The van der Waals surface area contributed by atoms with Gasteiger partial charge >= 0.3 is 6.18 Å². The highest BCUT2D eigenvalue weighted by molar-refractivity contribution is 5.51. The largest absolute Gasteiger partial charge is 0.416 e. The first-order valence-corrected chi connectivity index (χ1v) is 8.10. The molecule has 0 radical (unpaired) electrons. The molecular weight excluding hydrogens is 287 g/mol. The zero-order valence-electron chi connectivity index (χ0n) is 14.0. The summed E-state index contributed by atoms with van der Waals surface area (Å²) < 4.78 is 38.2. The highest BCUT2D eigenvalue weighted by Gasteiger charge is 2.59. The predicted octanol–water partition coefficient (Wildman–Crippen LogP) is 5.46. The van der Waals surface area contributed by atoms with Crippen LogP contribution in [0.4, 0.5) is 18.9 Å². The zero-order chi connectivity index (χ0) is 16.7. The molecule has 2 aliphatic rings. The third kappa shape index (κ3) is 3.26. The van der Waals surface area contributed by atoms with Gasteiger partial charge in [-0.25, -0.2) is 0 Å². The van der Waals surface area contributed by atoms with Crippen molar-refractivity contribution in [3.05, 3.63) is 29.8 Å². The maximum Gasteiger partial charge on any atom is 0.416 e. The van der Waals surface area contributed by atoms with Crippen LogP contribution in [-0.4, -0.2) is 13.1 Å². The molecule has 1 saturated carbocycles. The first-order chi connectivity index (χ1) is 10.2. The Labute approximate surface area is 131 Å². The van der Waals surface area contributed by atoms with Crippen LogP contribution in [0.1, 0.15) is 40.2 Å². The average molecular weight is 313 g/mol. The number of fused-ring (bicyclic) bond motifs is 1. The van der Waals surface area contributed by atoms with Crippen LogP contribution in [0.3, 0.4) is 0 Å². The van der Waals surface area contributed by atoms with Crippen LogP contribution in [0.25, 0.3) is 0 Å². The summed E-state index contributed by atoms with van der Waals surface area (Å²) in [6.45, 7) is 12.6. The Morgan fingerprint density at radius 2 is 1.55 bits per heavy atom. The van der Waals surface area contributed by atoms with E-state index in [0.717, 1.165) is 25.1 Å². The van der Waals surface area contributed by atoms with Crippen LogP contribution in [0.15, 0.2) is 24.3 Å². The van der Waals surface area contributed by atoms with Crippen LogP contribution < -0.4 is 4.90 Å². The number of benzene rings is 1. The van der Waals surface area contributed by atoms with Crippen molar-refractivity contribution in [1.82, 2.24) is 0 Å². The van der Waals surface area contributed by atoms with Gasteiger partial charge in [-0.1, -0.05) is 40.7 Å². The minimum atomic E-state index is -4.26. The van der Waals surface area contributed by atoms with Crippen molar-refractivity contribution in [3.63, 3.8) is 0 Å². The molecule has 0 N–H and O–H groups in total. The molecule has 1 aliphatic heterocycles. The smallest absolute Gasteiger partial charge is 0.371 e. The maximum atomic E-state index is 12.7. The quantitative estimate of drug-likeness (QED) is 0.665. The van der Waals surface area contributed by atoms with Crippen LogP contribution in [0.2, 0.25) is 0 Å². The van der Waals surface area contributed by atoms with E-state index in [9.17, 15) is 13.2 Å². The summed E-state index contributed by atoms with van der Waals surface area (Å²) in [6, 6.07) is 5.70. The van der Waals surface area contributed by atoms with Gasteiger partial charge in [0, 0.05) is 18.8 Å². The van der Waals surface area contributed by atoms with Gasteiger partial charge in [-0.2, -0.15) is 13.2 Å². The lowest BCUT2D eigenvalue weighted by Crippen LogP contribution is -2.27. The molecule has 2 atom stereocenters. The normalized spacial score (nSPS) is 27.1. The first-order valence-electron chi connectivity index (χ1n) is 8.10. The lowest BCUT2D eigenvalue weighted by atomic mass is 9.87. The van der Waals surface area contributed by atoms with E-state index in [1.807, 2.05) is 13.8 Å². The molecule has 0 bridgehead atoms. The van der Waals surface area contributed by atoms with E-state index in [-0.39, 0.29) is 0 Å². The van der Waals surface area contributed by atoms with Crippen LogP contribution >= 0.6 is 0 Å². The molecule has 4 heteroatoms. The van der Waals surface area contributed by atoms with Crippen molar-refractivity contribution in [1.29, 1.82) is 0 Å². The van der Waals surface area contributed by atoms with Gasteiger partial charge in [-0.15, -0.1) is 0 Å². The first kappa shape index (κ1) is 17.2. The van der Waals surface area contributed by atoms with Gasteiger partial charge < -0.3 is 4.90 Å². The number of hydrogen-bond donors (Lipinski definition) is 0. The average Bonchev–Trinajstić information content (AvgIpc) is 2.98. The third-order valence-corrected chi connectivity index (χ3v) is 4.73. The zero-order valence-corrected chi connectivity index (χ0v) is 14.0. The minimum Gasteiger partial charge on any atom is -0.371 e. The Bertz CT molecular complexity index is 504. The van der Waals surface area contributed by atoms with Gasteiger partial charge in [0.2, 0.25) is 0 Å². The fourth-order valence-electron chi connectivity index (χ4n) is 3.90. The number of rotatable bonds is 1. The molecule has 3 rings (SSSR count). The van der Waals surface area contributed by atoms with Crippen molar-refractivity contribution < 1.29 is 13.2 Å². The van der Waals surface area contributed by atoms with Gasteiger partial charge in [0.05, 0.1) is 5.56 Å². The fourth-order valence-corrected chi connectivity index (χ4v) is 3.90. The molecular formula is C18H26F3N. The summed E-state index contributed by atoms with van der Waals surface area (Å²) in [4.78, 5) is 2.10. The molecule has 1 aromatic carbocycles. The van der Waals surface area contributed by atoms with E-state index in [4.69, 9.17) is 0 Å². The Morgan fingerprint density at radius 1 is 1.00 bits per heavy atom. The van der Waals surface area contributed by atoms with E-state index in [0.29, 0.717) is 22.9 Å². The van der Waals surface area contributed by atoms with E-state index < -0.39 is 11.7 Å². The highest BCUT2D eigenvalue weighted by atomic mass is 19.4. The standard InChI is InChI=1S/C16H20F3N.C2H6/c1-15(2,3)14-12-8-20(9-13(12)14)11-6-4-5-10(7-11)16(17,18)19;1-2/h4-7,12-14H,8-9H2,1-3H3;1-2H3. The lowest BCUT2D eigenvalue weighted by Gasteiger charge is -2.27. The van der Waals surface area contributed by atoms with E-state index >= 15 is 0 Å². The number of piperidine rings is 1. The Morgan fingerprint density at radius 3 is 2.00 bits per heavy atom. The second-order valence-corrected chi connectivity index (χ2v) is 7.17. The molecule has 22 heavy (non-hydrogen) atoms. The molecule has 0 spiro atoms. The molecule has 1 heterocycles. The van der Waals surface area contributed by atoms with Crippen molar-refractivity contribution >= 4 is 5.69 Å². The number of alkyl halides is 3. The van der Waals surface area contributed by atoms with Crippen molar-refractivity contribution in [3.8, 4) is 0 Å². The van der Waals surface area contributed by atoms with Gasteiger partial charge in [-0.3, -0.25) is 0 Å². The van der Waals surface area contributed by atoms with Gasteiger partial charge in [-0.05, 0) is 41.4 Å². The topological polar surface area (TPSA) is 3.24 Å². The second-order valence-electron chi connectivity index (χ2n) is 7.17. The summed E-state index contributed by atoms with van der Waals surface area (Å²) in [5.41, 5.74) is 0.470. The van der Waals surface area contributed by atoms with Gasteiger partial charge in [0.25, 0.3) is 0 Å². The Balaban J connectivity index is 0.000000847. The second kappa shape index (κ2) is 5.78. The maximum absolute atomic E-state index is 12.7. The van der Waals surface area contributed by atoms with Crippen molar-refractivity contribution in [2.75, 3.05) is 18.0 Å². The summed E-state index contributed by atoms with van der Waals surface area (Å²) >= 11 is 0. The lowest BCUT2D eigenvalue weighted by molar-refractivity contribution is -0.137. The monoisotopic (exact) mass is 313 g/mol. The van der Waals surface area contributed by atoms with E-state index in [1.165, 1.54) is 12.1 Å². The molecule has 1 aliphatic carbocycles. The van der Waals surface area contributed by atoms with Gasteiger partial charge in [0.15, 0.2) is 0 Å². The summed E-state index contributed by atoms with van der Waals surface area (Å²) in [6.07, 6.45) is -4.26. The number of hydrogen-bond acceptors (Lipinski definition) is 1. The predicted molar refractivity (Wildman–Crippen MR) is 84.9 cm³/mol. The van der Waals surface area contributed by atoms with E-state index in [2.05, 4.69) is 25.7 Å². The van der Waals surface area contributed by atoms with Crippen LogP contribution in [0.5, 0.6) is 0 Å². The third-order valence-electron chi connectivity index (χ3n) is 4.73. The molecule has 0 amide bonds. The van der Waals surface area contributed by atoms with Crippen molar-refractivity contribution in [2.24, 2.45) is 23.2 Å². The number of halogens is 3. The molecule has 2 unspecified atom stereocenters. The van der Waals surface area contributed by atoms with Crippen LogP contribution in [0, 0.1) is 23.2 Å².